The largest absolute Gasteiger partial charge is 0.492 e. The molecule has 1 aliphatic rings. The molecule has 0 aliphatic carbocycles. The Bertz CT molecular complexity index is 1170. The maximum atomic E-state index is 12.7. The van der Waals surface area contributed by atoms with Gasteiger partial charge in [0.15, 0.2) is 0 Å². The molecule has 8 heteroatoms. The molecule has 0 radical (unpaired) electrons. The second-order valence-corrected chi connectivity index (χ2v) is 8.45. The molecule has 0 fully saturated rings. The van der Waals surface area contributed by atoms with Crippen molar-refractivity contribution in [3.05, 3.63) is 70.5 Å². The summed E-state index contributed by atoms with van der Waals surface area (Å²) in [5.41, 5.74) is 3.81. The van der Waals surface area contributed by atoms with E-state index in [1.54, 1.807) is 29.8 Å². The molecule has 0 saturated heterocycles. The van der Waals surface area contributed by atoms with Crippen molar-refractivity contribution in [3.8, 4) is 5.75 Å². The van der Waals surface area contributed by atoms with Crippen LogP contribution in [0.4, 0.5) is 11.4 Å². The van der Waals surface area contributed by atoms with Gasteiger partial charge in [-0.3, -0.25) is 14.3 Å². The Morgan fingerprint density at radius 3 is 2.66 bits per heavy atom. The Kier molecular flexibility index (Phi) is 6.19. The number of benzene rings is 2. The van der Waals surface area contributed by atoms with Crippen molar-refractivity contribution >= 4 is 34.8 Å². The Morgan fingerprint density at radius 2 is 1.94 bits per heavy atom. The fourth-order valence-corrected chi connectivity index (χ4v) is 4.05. The first-order valence-corrected chi connectivity index (χ1v) is 10.8. The summed E-state index contributed by atoms with van der Waals surface area (Å²) < 4.78 is 7.39. The number of aromatic nitrogens is 2. The zero-order chi connectivity index (χ0) is 22.8. The van der Waals surface area contributed by atoms with Gasteiger partial charge in [-0.2, -0.15) is 5.10 Å². The number of rotatable bonds is 5. The molecule has 1 aliphatic heterocycles. The number of nitrogens with one attached hydrogen (secondary N) is 2. The third kappa shape index (κ3) is 4.62. The standard InChI is InChI=1S/C24H25ClN4O3/c1-14-10-15(2)29(28-14)16(3)23(30)27-21-9-8-19(12-20(21)25)26-24(31)18-11-17-6-4-5-7-22(17)32-13-18/h4-10,12,16,18H,11,13H2,1-3H3,(H,26,31)(H,27,30). The van der Waals surface area contributed by atoms with Crippen LogP contribution in [0.1, 0.15) is 29.9 Å². The van der Waals surface area contributed by atoms with E-state index in [1.807, 2.05) is 44.2 Å². The minimum atomic E-state index is -0.492. The Labute approximate surface area is 191 Å². The summed E-state index contributed by atoms with van der Waals surface area (Å²) in [7, 11) is 0. The summed E-state index contributed by atoms with van der Waals surface area (Å²) in [4.78, 5) is 25.4. The lowest BCUT2D eigenvalue weighted by Crippen LogP contribution is -2.32. The molecular formula is C24H25ClN4O3. The van der Waals surface area contributed by atoms with Crippen molar-refractivity contribution in [1.82, 2.24) is 9.78 Å². The van der Waals surface area contributed by atoms with E-state index in [0.717, 1.165) is 22.7 Å². The molecule has 4 rings (SSSR count). The second kappa shape index (κ2) is 9.04. The zero-order valence-electron chi connectivity index (χ0n) is 18.2. The molecule has 32 heavy (non-hydrogen) atoms. The Hall–Kier alpha value is -3.32. The van der Waals surface area contributed by atoms with Gasteiger partial charge in [0, 0.05) is 11.4 Å². The number of fused-ring (bicyclic) bond motifs is 1. The maximum absolute atomic E-state index is 12.7. The predicted molar refractivity (Wildman–Crippen MR) is 124 cm³/mol. The fourth-order valence-electron chi connectivity index (χ4n) is 3.82. The molecule has 0 spiro atoms. The van der Waals surface area contributed by atoms with Crippen LogP contribution in [0.15, 0.2) is 48.5 Å². The number of aryl methyl sites for hydroxylation is 2. The molecular weight excluding hydrogens is 428 g/mol. The van der Waals surface area contributed by atoms with Crippen molar-refractivity contribution in [2.75, 3.05) is 17.2 Å². The van der Waals surface area contributed by atoms with E-state index in [1.165, 1.54) is 0 Å². The van der Waals surface area contributed by atoms with Crippen molar-refractivity contribution in [1.29, 1.82) is 0 Å². The minimum Gasteiger partial charge on any atom is -0.492 e. The Balaban J connectivity index is 1.39. The highest BCUT2D eigenvalue weighted by Crippen LogP contribution is 2.29. The van der Waals surface area contributed by atoms with Crippen molar-refractivity contribution in [2.45, 2.75) is 33.2 Å². The monoisotopic (exact) mass is 452 g/mol. The number of hydrogen-bond donors (Lipinski definition) is 2. The molecule has 3 aromatic rings. The third-order valence-electron chi connectivity index (χ3n) is 5.54. The summed E-state index contributed by atoms with van der Waals surface area (Å²) in [6.45, 7) is 5.90. The lowest BCUT2D eigenvalue weighted by atomic mass is 9.96. The van der Waals surface area contributed by atoms with Gasteiger partial charge in [-0.1, -0.05) is 29.8 Å². The van der Waals surface area contributed by atoms with Gasteiger partial charge in [0.05, 0.1) is 22.3 Å². The first-order valence-electron chi connectivity index (χ1n) is 10.5. The van der Waals surface area contributed by atoms with Gasteiger partial charge in [-0.15, -0.1) is 0 Å². The molecule has 2 amide bonds. The minimum absolute atomic E-state index is 0.134. The van der Waals surface area contributed by atoms with Gasteiger partial charge < -0.3 is 15.4 Å². The normalized spacial score (nSPS) is 15.9. The van der Waals surface area contributed by atoms with Gasteiger partial charge in [0.25, 0.3) is 0 Å². The summed E-state index contributed by atoms with van der Waals surface area (Å²) in [6, 6.07) is 14.2. The average Bonchev–Trinajstić information content (AvgIpc) is 3.12. The first kappa shape index (κ1) is 21.9. The Morgan fingerprint density at radius 1 is 1.16 bits per heavy atom. The van der Waals surface area contributed by atoms with Gasteiger partial charge in [-0.05, 0) is 63.1 Å². The quantitative estimate of drug-likeness (QED) is 0.595. The van der Waals surface area contributed by atoms with E-state index in [4.69, 9.17) is 16.3 Å². The SMILES string of the molecule is Cc1cc(C)n(C(C)C(=O)Nc2ccc(NC(=O)C3COc4ccccc4C3)cc2Cl)n1. The van der Waals surface area contributed by atoms with Crippen LogP contribution in [0.25, 0.3) is 0 Å². The van der Waals surface area contributed by atoms with Crippen molar-refractivity contribution in [2.24, 2.45) is 5.92 Å². The van der Waals surface area contributed by atoms with E-state index < -0.39 is 6.04 Å². The van der Waals surface area contributed by atoms with Crippen LogP contribution in [0.3, 0.4) is 0 Å². The number of carbonyl (C=O) groups excluding carboxylic acids is 2. The van der Waals surface area contributed by atoms with E-state index >= 15 is 0 Å². The van der Waals surface area contributed by atoms with Crippen LogP contribution in [-0.2, 0) is 16.0 Å². The fraction of sp³-hybridized carbons (Fsp3) is 0.292. The number of carbonyl (C=O) groups is 2. The van der Waals surface area contributed by atoms with Gasteiger partial charge in [-0.25, -0.2) is 0 Å². The summed E-state index contributed by atoms with van der Waals surface area (Å²) in [6.07, 6.45) is 0.619. The van der Waals surface area contributed by atoms with Crippen LogP contribution in [0, 0.1) is 19.8 Å². The topological polar surface area (TPSA) is 85.2 Å². The van der Waals surface area contributed by atoms with Crippen LogP contribution < -0.4 is 15.4 Å². The van der Waals surface area contributed by atoms with Crippen LogP contribution in [0.5, 0.6) is 5.75 Å². The number of amides is 2. The number of para-hydroxylation sites is 1. The summed E-state index contributed by atoms with van der Waals surface area (Å²) >= 11 is 6.38. The number of hydrogen-bond acceptors (Lipinski definition) is 4. The molecule has 2 atom stereocenters. The molecule has 0 bridgehead atoms. The van der Waals surface area contributed by atoms with E-state index in [9.17, 15) is 9.59 Å². The maximum Gasteiger partial charge on any atom is 0.248 e. The van der Waals surface area contributed by atoms with Crippen LogP contribution in [-0.4, -0.2) is 28.2 Å². The van der Waals surface area contributed by atoms with E-state index in [-0.39, 0.29) is 17.7 Å². The summed E-state index contributed by atoms with van der Waals surface area (Å²) in [5, 5.41) is 10.4. The molecule has 7 nitrogen and oxygen atoms in total. The van der Waals surface area contributed by atoms with Crippen molar-refractivity contribution in [3.63, 3.8) is 0 Å². The molecule has 166 valence electrons. The molecule has 2 unspecified atom stereocenters. The molecule has 2 N–H and O–H groups in total. The van der Waals surface area contributed by atoms with Crippen LogP contribution >= 0.6 is 11.6 Å². The average molecular weight is 453 g/mol. The third-order valence-corrected chi connectivity index (χ3v) is 5.85. The predicted octanol–water partition coefficient (Wildman–Crippen LogP) is 4.54. The molecule has 1 aromatic heterocycles. The van der Waals surface area contributed by atoms with Gasteiger partial charge in [0.2, 0.25) is 11.8 Å². The number of anilines is 2. The zero-order valence-corrected chi connectivity index (χ0v) is 18.9. The highest BCUT2D eigenvalue weighted by atomic mass is 35.5. The molecule has 2 aromatic carbocycles. The highest BCUT2D eigenvalue weighted by molar-refractivity contribution is 6.34. The summed E-state index contributed by atoms with van der Waals surface area (Å²) in [5.74, 6) is 0.178. The van der Waals surface area contributed by atoms with E-state index in [0.29, 0.717) is 29.4 Å². The van der Waals surface area contributed by atoms with Gasteiger partial charge >= 0.3 is 0 Å². The number of ether oxygens (including phenoxy) is 1. The number of halogens is 1. The number of nitrogens with zero attached hydrogens (tertiary/aromatic N) is 2. The first-order chi connectivity index (χ1) is 15.3. The van der Waals surface area contributed by atoms with E-state index in [2.05, 4.69) is 15.7 Å². The molecule has 0 saturated carbocycles. The lowest BCUT2D eigenvalue weighted by molar-refractivity contribution is -0.121. The highest BCUT2D eigenvalue weighted by Gasteiger charge is 2.26. The second-order valence-electron chi connectivity index (χ2n) is 8.04. The lowest BCUT2D eigenvalue weighted by Gasteiger charge is -2.24. The smallest absolute Gasteiger partial charge is 0.248 e. The van der Waals surface area contributed by atoms with Crippen molar-refractivity contribution < 1.29 is 14.3 Å². The molecule has 2 heterocycles. The van der Waals surface area contributed by atoms with Crippen LogP contribution in [0.2, 0.25) is 5.02 Å². The van der Waals surface area contributed by atoms with Gasteiger partial charge in [0.1, 0.15) is 18.4 Å².